The number of fused-ring (bicyclic) bond motifs is 1. The van der Waals surface area contributed by atoms with Crippen molar-refractivity contribution in [1.82, 2.24) is 4.98 Å². The van der Waals surface area contributed by atoms with Gasteiger partial charge in [-0.25, -0.2) is 4.98 Å². The highest BCUT2D eigenvalue weighted by atomic mass is 19.4. The zero-order valence-electron chi connectivity index (χ0n) is 17.3. The lowest BCUT2D eigenvalue weighted by Crippen LogP contribution is -2.40. The molecule has 0 bridgehead atoms. The molecule has 3 aromatic rings. The molecule has 2 aromatic carbocycles. The number of halogens is 3. The van der Waals surface area contributed by atoms with Crippen molar-refractivity contribution in [2.45, 2.75) is 52.0 Å². The second-order valence-corrected chi connectivity index (χ2v) is 8.38. The highest BCUT2D eigenvalue weighted by Gasteiger charge is 2.43. The van der Waals surface area contributed by atoms with Crippen molar-refractivity contribution < 1.29 is 23.0 Å². The maximum Gasteiger partial charge on any atom is 0.389 e. The molecule has 0 saturated heterocycles. The Morgan fingerprint density at radius 3 is 2.37 bits per heavy atom. The van der Waals surface area contributed by atoms with Gasteiger partial charge in [0.05, 0.1) is 16.8 Å². The minimum atomic E-state index is -4.26. The molecule has 0 spiro atoms. The summed E-state index contributed by atoms with van der Waals surface area (Å²) >= 11 is 0. The summed E-state index contributed by atoms with van der Waals surface area (Å²) in [5.41, 5.74) is -0.295. The number of alkyl halides is 3. The molecule has 0 aliphatic carbocycles. The lowest BCUT2D eigenvalue weighted by Gasteiger charge is -2.41. The molecule has 1 N–H and O–H groups in total. The SMILES string of the molecule is CC(C)(CCC(F)(F)F)C(C)(O)c1cccc(OCc2ccc3ccccc3n2)c1. The second kappa shape index (κ2) is 8.26. The van der Waals surface area contributed by atoms with E-state index >= 15 is 0 Å². The van der Waals surface area contributed by atoms with Crippen molar-refractivity contribution in [2.24, 2.45) is 5.41 Å². The van der Waals surface area contributed by atoms with Crippen LogP contribution < -0.4 is 4.74 Å². The summed E-state index contributed by atoms with van der Waals surface area (Å²) in [7, 11) is 0. The van der Waals surface area contributed by atoms with Crippen LogP contribution in [-0.2, 0) is 12.2 Å². The number of para-hydroxylation sites is 1. The van der Waals surface area contributed by atoms with Crippen molar-refractivity contribution in [3.05, 3.63) is 71.9 Å². The van der Waals surface area contributed by atoms with Gasteiger partial charge in [-0.3, -0.25) is 0 Å². The summed E-state index contributed by atoms with van der Waals surface area (Å²) < 4.78 is 43.9. The Labute approximate surface area is 174 Å². The van der Waals surface area contributed by atoms with E-state index in [1.807, 2.05) is 36.4 Å². The third-order valence-corrected chi connectivity index (χ3v) is 5.79. The topological polar surface area (TPSA) is 42.4 Å². The van der Waals surface area contributed by atoms with Crippen LogP contribution in [0.5, 0.6) is 5.75 Å². The molecule has 1 atom stereocenters. The molecular weight excluding hydrogens is 391 g/mol. The Kier molecular flexibility index (Phi) is 6.09. The Morgan fingerprint density at radius 1 is 0.900 bits per heavy atom. The van der Waals surface area contributed by atoms with E-state index in [0.717, 1.165) is 16.6 Å². The summed E-state index contributed by atoms with van der Waals surface area (Å²) in [5, 5.41) is 12.1. The van der Waals surface area contributed by atoms with Gasteiger partial charge in [-0.1, -0.05) is 50.2 Å². The van der Waals surface area contributed by atoms with Crippen LogP contribution in [0, 0.1) is 5.41 Å². The normalized spacial score (nSPS) is 14.5. The number of hydrogen-bond acceptors (Lipinski definition) is 3. The molecule has 1 aromatic heterocycles. The average molecular weight is 417 g/mol. The maximum atomic E-state index is 12.7. The van der Waals surface area contributed by atoms with Crippen molar-refractivity contribution in [3.8, 4) is 5.75 Å². The minimum absolute atomic E-state index is 0.185. The number of rotatable bonds is 7. The average Bonchev–Trinajstić information content (AvgIpc) is 2.70. The predicted molar refractivity (Wildman–Crippen MR) is 111 cm³/mol. The molecule has 6 heteroatoms. The minimum Gasteiger partial charge on any atom is -0.487 e. The number of pyridine rings is 1. The highest BCUT2D eigenvalue weighted by molar-refractivity contribution is 5.78. The monoisotopic (exact) mass is 417 g/mol. The number of benzene rings is 2. The second-order valence-electron chi connectivity index (χ2n) is 8.38. The first-order valence-electron chi connectivity index (χ1n) is 9.85. The van der Waals surface area contributed by atoms with E-state index in [9.17, 15) is 18.3 Å². The molecule has 0 fully saturated rings. The van der Waals surface area contributed by atoms with E-state index in [1.54, 1.807) is 45.0 Å². The summed E-state index contributed by atoms with van der Waals surface area (Å²) in [5.74, 6) is 0.523. The van der Waals surface area contributed by atoms with Crippen molar-refractivity contribution in [2.75, 3.05) is 0 Å². The van der Waals surface area contributed by atoms with Crippen LogP contribution in [0.15, 0.2) is 60.7 Å². The summed E-state index contributed by atoms with van der Waals surface area (Å²) in [6.07, 6.45) is -5.39. The maximum absolute atomic E-state index is 12.7. The number of nitrogens with zero attached hydrogens (tertiary/aromatic N) is 1. The zero-order valence-corrected chi connectivity index (χ0v) is 17.3. The molecule has 3 nitrogen and oxygen atoms in total. The first-order chi connectivity index (χ1) is 14.0. The van der Waals surface area contributed by atoms with E-state index in [0.29, 0.717) is 11.3 Å². The third-order valence-electron chi connectivity index (χ3n) is 5.79. The van der Waals surface area contributed by atoms with Crippen LogP contribution in [0.4, 0.5) is 13.2 Å². The van der Waals surface area contributed by atoms with E-state index in [4.69, 9.17) is 4.74 Å². The van der Waals surface area contributed by atoms with Crippen molar-refractivity contribution in [1.29, 1.82) is 0 Å². The molecule has 0 aliphatic rings. The Hall–Kier alpha value is -2.60. The molecule has 1 unspecified atom stereocenters. The molecule has 160 valence electrons. The van der Waals surface area contributed by atoms with Gasteiger partial charge in [-0.05, 0) is 48.6 Å². The van der Waals surface area contributed by atoms with E-state index < -0.39 is 23.6 Å². The molecule has 0 saturated carbocycles. The van der Waals surface area contributed by atoms with Gasteiger partial charge >= 0.3 is 6.18 Å². The number of hydrogen-bond donors (Lipinski definition) is 1. The molecule has 0 amide bonds. The third kappa shape index (κ3) is 5.11. The van der Waals surface area contributed by atoms with Crippen LogP contribution in [0.1, 0.15) is 44.9 Å². The Balaban J connectivity index is 1.74. The number of aromatic nitrogens is 1. The Bertz CT molecular complexity index is 1010. The largest absolute Gasteiger partial charge is 0.487 e. The van der Waals surface area contributed by atoms with Crippen LogP contribution in [0.2, 0.25) is 0 Å². The lowest BCUT2D eigenvalue weighted by atomic mass is 9.69. The van der Waals surface area contributed by atoms with E-state index in [1.165, 1.54) is 0 Å². The summed E-state index contributed by atoms with van der Waals surface area (Å²) in [6.45, 7) is 5.08. The fourth-order valence-corrected chi connectivity index (χ4v) is 3.32. The fourth-order valence-electron chi connectivity index (χ4n) is 3.32. The first-order valence-corrected chi connectivity index (χ1v) is 9.85. The molecule has 30 heavy (non-hydrogen) atoms. The predicted octanol–water partition coefficient (Wildman–Crippen LogP) is 6.39. The first kappa shape index (κ1) is 22.1. The van der Waals surface area contributed by atoms with Crippen molar-refractivity contribution >= 4 is 10.9 Å². The van der Waals surface area contributed by atoms with Gasteiger partial charge in [-0.2, -0.15) is 13.2 Å². The van der Waals surface area contributed by atoms with Crippen LogP contribution in [0.25, 0.3) is 10.9 Å². The van der Waals surface area contributed by atoms with Crippen LogP contribution >= 0.6 is 0 Å². The van der Waals surface area contributed by atoms with Crippen LogP contribution in [-0.4, -0.2) is 16.3 Å². The molecule has 3 rings (SSSR count). The lowest BCUT2D eigenvalue weighted by molar-refractivity contribution is -0.151. The summed E-state index contributed by atoms with van der Waals surface area (Å²) in [4.78, 5) is 4.57. The van der Waals surface area contributed by atoms with Gasteiger partial charge in [0.25, 0.3) is 0 Å². The standard InChI is InChI=1S/C24H26F3NO2/c1-22(2,13-14-24(25,26)27)23(3,29)18-8-6-9-20(15-18)30-16-19-12-11-17-7-4-5-10-21(17)28-19/h4-12,15,29H,13-14,16H2,1-3H3. The van der Waals surface area contributed by atoms with Crippen molar-refractivity contribution in [3.63, 3.8) is 0 Å². The van der Waals surface area contributed by atoms with Crippen LogP contribution in [0.3, 0.4) is 0 Å². The van der Waals surface area contributed by atoms with Gasteiger partial charge < -0.3 is 9.84 Å². The Morgan fingerprint density at radius 2 is 1.63 bits per heavy atom. The number of aliphatic hydroxyl groups is 1. The van der Waals surface area contributed by atoms with Gasteiger partial charge in [-0.15, -0.1) is 0 Å². The molecule has 0 aliphatic heterocycles. The summed E-state index contributed by atoms with van der Waals surface area (Å²) in [6, 6.07) is 18.5. The quantitative estimate of drug-likeness (QED) is 0.484. The zero-order chi connectivity index (χ0) is 22.0. The molecule has 0 radical (unpaired) electrons. The fraction of sp³-hybridized carbons (Fsp3) is 0.375. The van der Waals surface area contributed by atoms with Gasteiger partial charge in [0, 0.05) is 11.8 Å². The number of ether oxygens (including phenoxy) is 1. The smallest absolute Gasteiger partial charge is 0.389 e. The van der Waals surface area contributed by atoms with Gasteiger partial charge in [0.1, 0.15) is 12.4 Å². The van der Waals surface area contributed by atoms with E-state index in [2.05, 4.69) is 4.98 Å². The van der Waals surface area contributed by atoms with Gasteiger partial charge in [0.2, 0.25) is 0 Å². The molecule has 1 heterocycles. The molecular formula is C24H26F3NO2. The van der Waals surface area contributed by atoms with Gasteiger partial charge in [0.15, 0.2) is 0 Å². The highest BCUT2D eigenvalue weighted by Crippen LogP contribution is 2.45. The van der Waals surface area contributed by atoms with E-state index in [-0.39, 0.29) is 13.0 Å².